The van der Waals surface area contributed by atoms with Crippen LogP contribution in [0.2, 0.25) is 5.02 Å². The van der Waals surface area contributed by atoms with Crippen LogP contribution >= 0.6 is 11.6 Å². The van der Waals surface area contributed by atoms with Gasteiger partial charge in [0, 0.05) is 60.6 Å². The number of piperazine rings is 1. The van der Waals surface area contributed by atoms with Gasteiger partial charge in [-0.2, -0.15) is 0 Å². The Morgan fingerprint density at radius 3 is 2.60 bits per heavy atom. The molecule has 6 nitrogen and oxygen atoms in total. The van der Waals surface area contributed by atoms with Crippen molar-refractivity contribution in [1.82, 2.24) is 10.2 Å². The molecule has 1 fully saturated rings. The third kappa shape index (κ3) is 4.96. The quantitative estimate of drug-likeness (QED) is 0.645. The number of halogens is 1. The van der Waals surface area contributed by atoms with Gasteiger partial charge in [0.25, 0.3) is 5.95 Å². The monoisotopic (exact) mass is 425 g/mol. The summed E-state index contributed by atoms with van der Waals surface area (Å²) >= 11 is 5.87. The van der Waals surface area contributed by atoms with Crippen LogP contribution in [0.3, 0.4) is 0 Å². The number of ether oxygens (including phenoxy) is 1. The van der Waals surface area contributed by atoms with E-state index in [1.807, 2.05) is 24.3 Å². The van der Waals surface area contributed by atoms with Gasteiger partial charge >= 0.3 is 6.09 Å². The highest BCUT2D eigenvalue weighted by Gasteiger charge is 2.19. The number of nitrogens with zero attached hydrogens (tertiary/aromatic N) is 2. The molecule has 0 atom stereocenters. The van der Waals surface area contributed by atoms with E-state index in [0.29, 0.717) is 11.6 Å². The van der Waals surface area contributed by atoms with Gasteiger partial charge < -0.3 is 24.3 Å². The van der Waals surface area contributed by atoms with Crippen LogP contribution in [0.15, 0.2) is 65.3 Å². The summed E-state index contributed by atoms with van der Waals surface area (Å²) in [4.78, 5) is 16.8. The fraction of sp³-hybridized carbons (Fsp3) is 0.261. The molecule has 0 bridgehead atoms. The van der Waals surface area contributed by atoms with E-state index in [9.17, 15) is 4.79 Å². The summed E-state index contributed by atoms with van der Waals surface area (Å²) in [5.74, 6) is 0.159. The van der Waals surface area contributed by atoms with E-state index < -0.39 is 6.09 Å². The van der Waals surface area contributed by atoms with Gasteiger partial charge in [0.2, 0.25) is 0 Å². The highest BCUT2D eigenvalue weighted by Crippen LogP contribution is 2.34. The van der Waals surface area contributed by atoms with Crippen molar-refractivity contribution in [3.05, 3.63) is 71.4 Å². The Labute approximate surface area is 181 Å². The van der Waals surface area contributed by atoms with Crippen LogP contribution in [0.5, 0.6) is 5.95 Å². The predicted molar refractivity (Wildman–Crippen MR) is 118 cm³/mol. The van der Waals surface area contributed by atoms with Crippen molar-refractivity contribution in [2.24, 2.45) is 0 Å². The lowest BCUT2D eigenvalue weighted by atomic mass is 10.1. The van der Waals surface area contributed by atoms with E-state index in [1.165, 1.54) is 0 Å². The van der Waals surface area contributed by atoms with Crippen molar-refractivity contribution in [1.29, 1.82) is 0 Å². The van der Waals surface area contributed by atoms with Gasteiger partial charge in [0.1, 0.15) is 6.26 Å². The number of benzene rings is 2. The molecule has 0 aliphatic carbocycles. The van der Waals surface area contributed by atoms with Crippen molar-refractivity contribution in [2.45, 2.75) is 6.54 Å². The molecule has 0 radical (unpaired) electrons. The molecule has 7 heteroatoms. The topological polar surface area (TPSA) is 58.0 Å². The molecular weight excluding hydrogens is 402 g/mol. The van der Waals surface area contributed by atoms with Gasteiger partial charge in [-0.1, -0.05) is 41.9 Å². The third-order valence-corrected chi connectivity index (χ3v) is 5.43. The SMILES string of the molecule is CN1CCN(c2ccccc2-c2coc(OC(=O)NCc3ccc(Cl)cc3)c2)CC1. The van der Waals surface area contributed by atoms with Gasteiger partial charge in [0.05, 0.1) is 0 Å². The minimum absolute atomic E-state index is 0.159. The number of rotatable bonds is 5. The summed E-state index contributed by atoms with van der Waals surface area (Å²) in [5.41, 5.74) is 4.02. The van der Waals surface area contributed by atoms with Crippen molar-refractivity contribution < 1.29 is 13.9 Å². The standard InChI is InChI=1S/C23H24ClN3O3/c1-26-10-12-27(13-11-26)21-5-3-2-4-20(21)18-14-22(29-16-18)30-23(28)25-15-17-6-8-19(24)9-7-17/h2-9,14,16H,10-13,15H2,1H3,(H,25,28). The van der Waals surface area contributed by atoms with E-state index in [4.69, 9.17) is 20.8 Å². The second-order valence-electron chi connectivity index (χ2n) is 7.33. The van der Waals surface area contributed by atoms with Gasteiger partial charge in [-0.05, 0) is 30.8 Å². The fourth-order valence-electron chi connectivity index (χ4n) is 3.46. The number of hydrogen-bond acceptors (Lipinski definition) is 5. The van der Waals surface area contributed by atoms with Crippen molar-refractivity contribution in [2.75, 3.05) is 38.1 Å². The second kappa shape index (κ2) is 9.24. The first-order valence-corrected chi connectivity index (χ1v) is 10.3. The van der Waals surface area contributed by atoms with E-state index in [1.54, 1.807) is 24.5 Å². The lowest BCUT2D eigenvalue weighted by molar-refractivity contribution is 0.187. The maximum atomic E-state index is 12.1. The lowest BCUT2D eigenvalue weighted by Crippen LogP contribution is -2.44. The molecule has 156 valence electrons. The zero-order valence-corrected chi connectivity index (χ0v) is 17.6. The molecule has 2 aromatic carbocycles. The first kappa shape index (κ1) is 20.3. The Bertz CT molecular complexity index is 995. The van der Waals surface area contributed by atoms with Crippen LogP contribution in [-0.2, 0) is 6.54 Å². The molecule has 1 aromatic heterocycles. The molecule has 4 rings (SSSR count). The Morgan fingerprint density at radius 2 is 1.83 bits per heavy atom. The molecule has 2 heterocycles. The summed E-state index contributed by atoms with van der Waals surface area (Å²) < 4.78 is 10.8. The maximum absolute atomic E-state index is 12.1. The number of para-hydroxylation sites is 1. The first-order valence-electron chi connectivity index (χ1n) is 9.90. The Kier molecular flexibility index (Phi) is 6.26. The Morgan fingerprint density at radius 1 is 1.10 bits per heavy atom. The van der Waals surface area contributed by atoms with Crippen LogP contribution in [0.1, 0.15) is 5.56 Å². The van der Waals surface area contributed by atoms with Gasteiger partial charge in [0.15, 0.2) is 0 Å². The smallest absolute Gasteiger partial charge is 0.415 e. The van der Waals surface area contributed by atoms with Crippen LogP contribution < -0.4 is 15.0 Å². The summed E-state index contributed by atoms with van der Waals surface area (Å²) in [5, 5.41) is 3.36. The predicted octanol–water partition coefficient (Wildman–Crippen LogP) is 4.64. The average Bonchev–Trinajstić information content (AvgIpc) is 3.22. The summed E-state index contributed by atoms with van der Waals surface area (Å²) in [6, 6.07) is 17.2. The Balaban J connectivity index is 1.40. The highest BCUT2D eigenvalue weighted by atomic mass is 35.5. The molecular formula is C23H24ClN3O3. The first-order chi connectivity index (χ1) is 14.6. The van der Waals surface area contributed by atoms with Crippen LogP contribution in [0.25, 0.3) is 11.1 Å². The molecule has 1 amide bonds. The maximum Gasteiger partial charge on any atom is 0.415 e. The van der Waals surface area contributed by atoms with E-state index in [2.05, 4.69) is 34.3 Å². The molecule has 1 N–H and O–H groups in total. The fourth-order valence-corrected chi connectivity index (χ4v) is 3.58. The number of anilines is 1. The highest BCUT2D eigenvalue weighted by molar-refractivity contribution is 6.30. The van der Waals surface area contributed by atoms with Gasteiger partial charge in [-0.15, -0.1) is 0 Å². The number of nitrogens with one attached hydrogen (secondary N) is 1. The van der Waals surface area contributed by atoms with Crippen molar-refractivity contribution in [3.8, 4) is 17.1 Å². The average molecular weight is 426 g/mol. The van der Waals surface area contributed by atoms with Crippen LogP contribution in [0, 0.1) is 0 Å². The molecule has 3 aromatic rings. The number of amides is 1. The van der Waals surface area contributed by atoms with Crippen molar-refractivity contribution in [3.63, 3.8) is 0 Å². The van der Waals surface area contributed by atoms with Crippen molar-refractivity contribution >= 4 is 23.4 Å². The molecule has 1 saturated heterocycles. The normalized spacial score (nSPS) is 14.5. The molecule has 1 aliphatic heterocycles. The van der Waals surface area contributed by atoms with Gasteiger partial charge in [-0.3, -0.25) is 0 Å². The minimum atomic E-state index is -0.571. The number of likely N-dealkylation sites (N-methyl/N-ethyl adjacent to an activating group) is 1. The van der Waals surface area contributed by atoms with Gasteiger partial charge in [-0.25, -0.2) is 4.79 Å². The lowest BCUT2D eigenvalue weighted by Gasteiger charge is -2.35. The second-order valence-corrected chi connectivity index (χ2v) is 7.77. The molecule has 30 heavy (non-hydrogen) atoms. The minimum Gasteiger partial charge on any atom is -0.433 e. The van der Waals surface area contributed by atoms with E-state index in [-0.39, 0.29) is 5.95 Å². The summed E-state index contributed by atoms with van der Waals surface area (Å²) in [6.07, 6.45) is 1.05. The van der Waals surface area contributed by atoms with E-state index in [0.717, 1.165) is 48.6 Å². The Hall–Kier alpha value is -2.96. The largest absolute Gasteiger partial charge is 0.433 e. The molecule has 0 saturated carbocycles. The van der Waals surface area contributed by atoms with Crippen LogP contribution in [-0.4, -0.2) is 44.2 Å². The summed E-state index contributed by atoms with van der Waals surface area (Å²) in [6.45, 7) is 4.35. The number of furan rings is 1. The number of hydrogen-bond donors (Lipinski definition) is 1. The molecule has 0 unspecified atom stereocenters. The number of carbonyl (C=O) groups excluding carboxylic acids is 1. The molecule has 1 aliphatic rings. The summed E-state index contributed by atoms with van der Waals surface area (Å²) in [7, 11) is 2.14. The molecule has 0 spiro atoms. The third-order valence-electron chi connectivity index (χ3n) is 5.18. The van der Waals surface area contributed by atoms with E-state index >= 15 is 0 Å². The van der Waals surface area contributed by atoms with Crippen LogP contribution in [0.4, 0.5) is 10.5 Å². The number of carbonyl (C=O) groups is 1. The zero-order chi connectivity index (χ0) is 20.9. The zero-order valence-electron chi connectivity index (χ0n) is 16.8.